The summed E-state index contributed by atoms with van der Waals surface area (Å²) in [5, 5.41) is 18.2. The van der Waals surface area contributed by atoms with E-state index >= 15 is 0 Å². The van der Waals surface area contributed by atoms with Crippen LogP contribution in [0.25, 0.3) is 33.3 Å². The second-order valence-corrected chi connectivity index (χ2v) is 6.28. The number of aromatic nitrogens is 5. The predicted octanol–water partition coefficient (Wildman–Crippen LogP) is 1.56. The number of amides is 1. The number of carbonyl (C=O) groups is 1. The van der Waals surface area contributed by atoms with E-state index < -0.39 is 0 Å². The van der Waals surface area contributed by atoms with Gasteiger partial charge in [-0.1, -0.05) is 17.7 Å². The van der Waals surface area contributed by atoms with E-state index in [1.54, 1.807) is 29.9 Å². The van der Waals surface area contributed by atoms with Crippen molar-refractivity contribution in [3.8, 4) is 11.4 Å². The Morgan fingerprint density at radius 2 is 2.22 bits per heavy atom. The smallest absolute Gasteiger partial charge is 0.251 e. The second-order valence-electron chi connectivity index (χ2n) is 5.91. The van der Waals surface area contributed by atoms with Crippen molar-refractivity contribution in [2.24, 2.45) is 0 Å². The lowest BCUT2D eigenvalue weighted by atomic mass is 10.1. The zero-order valence-corrected chi connectivity index (χ0v) is 15.1. The van der Waals surface area contributed by atoms with Gasteiger partial charge in [0.15, 0.2) is 5.65 Å². The fourth-order valence-electron chi connectivity index (χ4n) is 3.07. The molecule has 0 bridgehead atoms. The number of aliphatic hydroxyl groups is 1. The molecule has 9 nitrogen and oxygen atoms in total. The van der Waals surface area contributed by atoms with E-state index in [1.165, 1.54) is 6.33 Å². The molecule has 0 unspecified atom stereocenters. The standard InChI is InChI=1S/C17H16ClN7O2/c1-20-17(27)8-2-3-9-10(6-8)23-14(12(9)18)13-11-15(19)21-7-22-16(11)25(24-13)4-5-26/h2-3,6-7,23,26H,4-5H2,1H3,(H,20,27)(H2,19,21,22). The van der Waals surface area contributed by atoms with E-state index in [-0.39, 0.29) is 24.9 Å². The number of fused-ring (bicyclic) bond motifs is 2. The predicted molar refractivity (Wildman–Crippen MR) is 103 cm³/mol. The molecule has 10 heteroatoms. The minimum absolute atomic E-state index is 0.101. The zero-order valence-electron chi connectivity index (χ0n) is 14.3. The van der Waals surface area contributed by atoms with Gasteiger partial charge in [-0.3, -0.25) is 4.79 Å². The van der Waals surface area contributed by atoms with Crippen LogP contribution in [0.5, 0.6) is 0 Å². The number of nitrogen functional groups attached to an aromatic ring is 1. The molecular formula is C17H16ClN7O2. The van der Waals surface area contributed by atoms with E-state index in [0.29, 0.717) is 38.5 Å². The monoisotopic (exact) mass is 385 g/mol. The Morgan fingerprint density at radius 1 is 1.41 bits per heavy atom. The Labute approximate surface area is 158 Å². The third kappa shape index (κ3) is 2.68. The Kier molecular flexibility index (Phi) is 4.17. The van der Waals surface area contributed by atoms with Crippen LogP contribution < -0.4 is 11.1 Å². The first-order valence-electron chi connectivity index (χ1n) is 8.16. The van der Waals surface area contributed by atoms with E-state index in [0.717, 1.165) is 5.39 Å². The summed E-state index contributed by atoms with van der Waals surface area (Å²) >= 11 is 6.58. The Morgan fingerprint density at radius 3 is 2.96 bits per heavy atom. The number of hydrogen-bond acceptors (Lipinski definition) is 6. The first-order chi connectivity index (χ1) is 13.0. The van der Waals surface area contributed by atoms with Crippen LogP contribution in [-0.2, 0) is 6.54 Å². The van der Waals surface area contributed by atoms with Gasteiger partial charge in [0.2, 0.25) is 0 Å². The summed E-state index contributed by atoms with van der Waals surface area (Å²) in [4.78, 5) is 23.4. The van der Waals surface area contributed by atoms with Crippen molar-refractivity contribution in [1.29, 1.82) is 0 Å². The number of anilines is 1. The van der Waals surface area contributed by atoms with Gasteiger partial charge >= 0.3 is 0 Å². The molecule has 1 aromatic carbocycles. The van der Waals surface area contributed by atoms with Crippen LogP contribution >= 0.6 is 11.6 Å². The fourth-order valence-corrected chi connectivity index (χ4v) is 3.37. The minimum atomic E-state index is -0.195. The molecule has 0 saturated heterocycles. The average Bonchev–Trinajstić information content (AvgIpc) is 3.20. The number of nitrogens with zero attached hydrogens (tertiary/aromatic N) is 4. The van der Waals surface area contributed by atoms with Crippen LogP contribution in [0.1, 0.15) is 10.4 Å². The van der Waals surface area contributed by atoms with Gasteiger partial charge in [-0.05, 0) is 12.1 Å². The van der Waals surface area contributed by atoms with Gasteiger partial charge < -0.3 is 21.1 Å². The summed E-state index contributed by atoms with van der Waals surface area (Å²) < 4.78 is 1.56. The summed E-state index contributed by atoms with van der Waals surface area (Å²) in [5.74, 6) is 0.0689. The first kappa shape index (κ1) is 17.3. The normalized spacial score (nSPS) is 11.4. The Hall–Kier alpha value is -3.17. The van der Waals surface area contributed by atoms with Gasteiger partial charge in [-0.25, -0.2) is 14.6 Å². The van der Waals surface area contributed by atoms with Gasteiger partial charge in [0, 0.05) is 23.5 Å². The van der Waals surface area contributed by atoms with Gasteiger partial charge in [-0.15, -0.1) is 0 Å². The maximum absolute atomic E-state index is 11.9. The summed E-state index contributed by atoms with van der Waals surface area (Å²) in [7, 11) is 1.57. The number of nitrogens with two attached hydrogens (primary N) is 1. The molecule has 0 spiro atoms. The van der Waals surface area contributed by atoms with Gasteiger partial charge in [0.1, 0.15) is 17.8 Å². The molecule has 138 valence electrons. The van der Waals surface area contributed by atoms with Crippen molar-refractivity contribution in [2.75, 3.05) is 19.4 Å². The van der Waals surface area contributed by atoms with Gasteiger partial charge in [-0.2, -0.15) is 5.10 Å². The second kappa shape index (κ2) is 6.53. The lowest BCUT2D eigenvalue weighted by Gasteiger charge is -1.99. The van der Waals surface area contributed by atoms with E-state index in [9.17, 15) is 9.90 Å². The molecule has 0 radical (unpaired) electrons. The summed E-state index contributed by atoms with van der Waals surface area (Å²) in [6.07, 6.45) is 1.35. The highest BCUT2D eigenvalue weighted by atomic mass is 35.5. The molecule has 0 aliphatic carbocycles. The van der Waals surface area contributed by atoms with E-state index in [4.69, 9.17) is 17.3 Å². The van der Waals surface area contributed by atoms with Crippen molar-refractivity contribution in [1.82, 2.24) is 30.0 Å². The number of benzene rings is 1. The fraction of sp³-hybridized carbons (Fsp3) is 0.176. The number of carbonyl (C=O) groups excluding carboxylic acids is 1. The Bertz CT molecular complexity index is 1180. The third-order valence-corrected chi connectivity index (χ3v) is 4.72. The van der Waals surface area contributed by atoms with Crippen molar-refractivity contribution < 1.29 is 9.90 Å². The van der Waals surface area contributed by atoms with Crippen LogP contribution in [0, 0.1) is 0 Å². The molecule has 0 aliphatic heterocycles. The number of aliphatic hydroxyl groups excluding tert-OH is 1. The number of rotatable bonds is 4. The van der Waals surface area contributed by atoms with E-state index in [2.05, 4.69) is 25.4 Å². The highest BCUT2D eigenvalue weighted by molar-refractivity contribution is 6.38. The first-order valence-corrected chi connectivity index (χ1v) is 8.54. The highest BCUT2D eigenvalue weighted by Gasteiger charge is 2.22. The number of nitrogens with one attached hydrogen (secondary N) is 2. The molecule has 27 heavy (non-hydrogen) atoms. The van der Waals surface area contributed by atoms with Crippen LogP contribution in [0.15, 0.2) is 24.5 Å². The van der Waals surface area contributed by atoms with E-state index in [1.807, 2.05) is 0 Å². The van der Waals surface area contributed by atoms with Crippen molar-refractivity contribution in [3.63, 3.8) is 0 Å². The Balaban J connectivity index is 1.97. The maximum Gasteiger partial charge on any atom is 0.251 e. The molecule has 0 fully saturated rings. The molecule has 0 aliphatic rings. The largest absolute Gasteiger partial charge is 0.394 e. The summed E-state index contributed by atoms with van der Waals surface area (Å²) in [5.41, 5.74) is 8.79. The lowest BCUT2D eigenvalue weighted by molar-refractivity contribution is 0.0963. The maximum atomic E-state index is 11.9. The SMILES string of the molecule is CNC(=O)c1ccc2c(Cl)c(-c3nn(CCO)c4ncnc(N)c34)[nH]c2c1. The number of H-pyrrole nitrogens is 1. The van der Waals surface area contributed by atoms with Gasteiger partial charge in [0.25, 0.3) is 5.91 Å². The molecule has 5 N–H and O–H groups in total. The topological polar surface area (TPSA) is 135 Å². The minimum Gasteiger partial charge on any atom is -0.394 e. The van der Waals surface area contributed by atoms with Crippen molar-refractivity contribution >= 4 is 45.3 Å². The van der Waals surface area contributed by atoms with Crippen LogP contribution in [0.2, 0.25) is 5.02 Å². The number of halogens is 1. The lowest BCUT2D eigenvalue weighted by Crippen LogP contribution is -2.17. The molecule has 0 saturated carbocycles. The summed E-state index contributed by atoms with van der Waals surface area (Å²) in [6, 6.07) is 5.19. The molecule has 4 aromatic rings. The molecule has 0 atom stereocenters. The molecule has 3 heterocycles. The van der Waals surface area contributed by atoms with Crippen LogP contribution in [0.3, 0.4) is 0 Å². The molecular weight excluding hydrogens is 370 g/mol. The number of aromatic amines is 1. The van der Waals surface area contributed by atoms with Crippen LogP contribution in [0.4, 0.5) is 5.82 Å². The summed E-state index contributed by atoms with van der Waals surface area (Å²) in [6.45, 7) is 0.154. The third-order valence-electron chi connectivity index (χ3n) is 4.33. The number of hydrogen-bond donors (Lipinski definition) is 4. The molecule has 1 amide bonds. The molecule has 4 rings (SSSR count). The van der Waals surface area contributed by atoms with Gasteiger partial charge in [0.05, 0.1) is 29.3 Å². The quantitative estimate of drug-likeness (QED) is 0.421. The van der Waals surface area contributed by atoms with Crippen molar-refractivity contribution in [2.45, 2.75) is 6.54 Å². The highest BCUT2D eigenvalue weighted by Crippen LogP contribution is 2.38. The molecule has 3 aromatic heterocycles. The average molecular weight is 386 g/mol. The van der Waals surface area contributed by atoms with Crippen molar-refractivity contribution in [3.05, 3.63) is 35.1 Å². The zero-order chi connectivity index (χ0) is 19.1. The van der Waals surface area contributed by atoms with Crippen LogP contribution in [-0.4, -0.2) is 49.4 Å².